The number of carbonyl (C=O) groups is 1. The molecule has 2 atom stereocenters. The van der Waals surface area contributed by atoms with Gasteiger partial charge in [0.2, 0.25) is 5.84 Å². The average molecular weight is 398 g/mol. The molecule has 0 spiro atoms. The SMILES string of the molecule is COC(=O)C1=NC(c2ccc(Cl)cc2)C(c2cc(=O)oc3ccccc23)NN1. The second kappa shape index (κ2) is 7.46. The maximum atomic E-state index is 12.1. The highest BCUT2D eigenvalue weighted by Crippen LogP contribution is 2.36. The van der Waals surface area contributed by atoms with E-state index in [4.69, 9.17) is 20.8 Å². The van der Waals surface area contributed by atoms with Crippen LogP contribution in [0.2, 0.25) is 5.02 Å². The van der Waals surface area contributed by atoms with Gasteiger partial charge >= 0.3 is 11.6 Å². The quantitative estimate of drug-likeness (QED) is 0.521. The van der Waals surface area contributed by atoms with Crippen LogP contribution in [0.4, 0.5) is 0 Å². The molecule has 8 heteroatoms. The molecule has 0 amide bonds. The number of hydrogen-bond acceptors (Lipinski definition) is 7. The van der Waals surface area contributed by atoms with Crippen molar-refractivity contribution in [2.24, 2.45) is 4.99 Å². The van der Waals surface area contributed by atoms with E-state index >= 15 is 0 Å². The van der Waals surface area contributed by atoms with E-state index in [1.807, 2.05) is 24.3 Å². The number of esters is 1. The number of nitrogens with zero attached hydrogens (tertiary/aromatic N) is 1. The smallest absolute Gasteiger partial charge is 0.374 e. The third-order valence-electron chi connectivity index (χ3n) is 4.54. The van der Waals surface area contributed by atoms with E-state index in [1.54, 1.807) is 24.3 Å². The normalized spacial score (nSPS) is 19.0. The van der Waals surface area contributed by atoms with Crippen molar-refractivity contribution in [2.75, 3.05) is 7.11 Å². The lowest BCUT2D eigenvalue weighted by atomic mass is 9.92. The number of fused-ring (bicyclic) bond motifs is 1. The van der Waals surface area contributed by atoms with Gasteiger partial charge in [-0.1, -0.05) is 41.9 Å². The summed E-state index contributed by atoms with van der Waals surface area (Å²) in [5.41, 5.74) is 7.40. The lowest BCUT2D eigenvalue weighted by molar-refractivity contribution is -0.133. The Morgan fingerprint density at radius 1 is 1.18 bits per heavy atom. The number of halogens is 1. The summed E-state index contributed by atoms with van der Waals surface area (Å²) in [6.07, 6.45) is 0. The molecule has 4 rings (SSSR count). The Bertz CT molecular complexity index is 1120. The van der Waals surface area contributed by atoms with E-state index in [0.717, 1.165) is 10.9 Å². The number of hydrazine groups is 1. The Hall–Kier alpha value is -3.16. The van der Waals surface area contributed by atoms with Crippen LogP contribution in [0, 0.1) is 0 Å². The second-order valence-corrected chi connectivity index (χ2v) is 6.67. The van der Waals surface area contributed by atoms with Crippen LogP contribution in [-0.4, -0.2) is 18.9 Å². The van der Waals surface area contributed by atoms with Crippen LogP contribution in [0.1, 0.15) is 23.2 Å². The third-order valence-corrected chi connectivity index (χ3v) is 4.79. The summed E-state index contributed by atoms with van der Waals surface area (Å²) in [5, 5.41) is 1.36. The number of methoxy groups -OCH3 is 1. The van der Waals surface area contributed by atoms with Crippen LogP contribution in [0.5, 0.6) is 0 Å². The Labute approximate surface area is 164 Å². The van der Waals surface area contributed by atoms with Gasteiger partial charge in [0.15, 0.2) is 0 Å². The lowest BCUT2D eigenvalue weighted by Gasteiger charge is -2.31. The maximum absolute atomic E-state index is 12.1. The molecule has 2 aromatic carbocycles. The highest BCUT2D eigenvalue weighted by molar-refractivity contribution is 6.35. The molecule has 0 saturated heterocycles. The minimum Gasteiger partial charge on any atom is -0.463 e. The van der Waals surface area contributed by atoms with Crippen molar-refractivity contribution in [1.82, 2.24) is 10.9 Å². The average Bonchev–Trinajstić information content (AvgIpc) is 2.72. The van der Waals surface area contributed by atoms with Crippen molar-refractivity contribution in [3.8, 4) is 0 Å². The number of nitrogens with one attached hydrogen (secondary N) is 2. The first-order valence-corrected chi connectivity index (χ1v) is 8.90. The fourth-order valence-corrected chi connectivity index (χ4v) is 3.37. The summed E-state index contributed by atoms with van der Waals surface area (Å²) in [6, 6.07) is 14.9. The molecule has 0 aliphatic carbocycles. The van der Waals surface area contributed by atoms with Crippen molar-refractivity contribution >= 4 is 34.4 Å². The maximum Gasteiger partial charge on any atom is 0.374 e. The minimum atomic E-state index is -0.595. The zero-order chi connectivity index (χ0) is 19.7. The second-order valence-electron chi connectivity index (χ2n) is 6.23. The van der Waals surface area contributed by atoms with Crippen molar-refractivity contribution in [3.63, 3.8) is 0 Å². The van der Waals surface area contributed by atoms with Gasteiger partial charge in [-0.15, -0.1) is 0 Å². The van der Waals surface area contributed by atoms with Crippen LogP contribution in [0.15, 0.2) is 68.8 Å². The number of para-hydroxylation sites is 1. The molecule has 3 aromatic rings. The van der Waals surface area contributed by atoms with Gasteiger partial charge in [0.25, 0.3) is 0 Å². The molecule has 28 heavy (non-hydrogen) atoms. The fraction of sp³-hybridized carbons (Fsp3) is 0.150. The number of amidine groups is 1. The molecule has 142 valence electrons. The van der Waals surface area contributed by atoms with Gasteiger partial charge < -0.3 is 9.15 Å². The van der Waals surface area contributed by atoms with Gasteiger partial charge in [-0.25, -0.2) is 15.0 Å². The van der Waals surface area contributed by atoms with Crippen molar-refractivity contribution in [1.29, 1.82) is 0 Å². The van der Waals surface area contributed by atoms with Gasteiger partial charge in [0.05, 0.1) is 19.2 Å². The van der Waals surface area contributed by atoms with E-state index in [1.165, 1.54) is 13.2 Å². The summed E-state index contributed by atoms with van der Waals surface area (Å²) >= 11 is 6.01. The molecule has 1 aromatic heterocycles. The molecule has 1 aliphatic heterocycles. The largest absolute Gasteiger partial charge is 0.463 e. The number of hydrogen-bond donors (Lipinski definition) is 2. The predicted octanol–water partition coefficient (Wildman–Crippen LogP) is 2.91. The molecule has 2 heterocycles. The van der Waals surface area contributed by atoms with Crippen molar-refractivity contribution in [2.45, 2.75) is 12.1 Å². The monoisotopic (exact) mass is 397 g/mol. The number of aliphatic imine (C=N–C) groups is 1. The minimum absolute atomic E-state index is 0.0472. The van der Waals surface area contributed by atoms with Crippen LogP contribution < -0.4 is 16.5 Å². The third kappa shape index (κ3) is 3.37. The van der Waals surface area contributed by atoms with E-state index < -0.39 is 23.7 Å². The van der Waals surface area contributed by atoms with Crippen LogP contribution in [0.3, 0.4) is 0 Å². The summed E-state index contributed by atoms with van der Waals surface area (Å²) in [6.45, 7) is 0. The Morgan fingerprint density at radius 3 is 2.68 bits per heavy atom. The molecular formula is C20H16ClN3O4. The molecule has 2 N–H and O–H groups in total. The molecule has 7 nitrogen and oxygen atoms in total. The molecule has 0 saturated carbocycles. The molecule has 1 aliphatic rings. The van der Waals surface area contributed by atoms with E-state index in [2.05, 4.69) is 15.8 Å². The van der Waals surface area contributed by atoms with Crippen LogP contribution >= 0.6 is 11.6 Å². The van der Waals surface area contributed by atoms with Gasteiger partial charge in [-0.3, -0.25) is 10.4 Å². The van der Waals surface area contributed by atoms with Crippen molar-refractivity contribution in [3.05, 3.63) is 81.2 Å². The van der Waals surface area contributed by atoms with Crippen molar-refractivity contribution < 1.29 is 13.9 Å². The number of benzene rings is 2. The first kappa shape index (κ1) is 18.2. The van der Waals surface area contributed by atoms with Crippen LogP contribution in [0.25, 0.3) is 11.0 Å². The summed E-state index contributed by atoms with van der Waals surface area (Å²) < 4.78 is 10.1. The highest BCUT2D eigenvalue weighted by Gasteiger charge is 2.32. The van der Waals surface area contributed by atoms with Gasteiger partial charge in [-0.05, 0) is 29.3 Å². The fourth-order valence-electron chi connectivity index (χ4n) is 3.24. The molecule has 2 unspecified atom stereocenters. The summed E-state index contributed by atoms with van der Waals surface area (Å²) in [5.74, 6) is -0.548. The number of ether oxygens (including phenoxy) is 1. The first-order chi connectivity index (χ1) is 13.6. The van der Waals surface area contributed by atoms with Gasteiger partial charge in [0, 0.05) is 16.5 Å². The highest BCUT2D eigenvalue weighted by atomic mass is 35.5. The zero-order valence-electron chi connectivity index (χ0n) is 14.8. The Balaban J connectivity index is 1.88. The lowest BCUT2D eigenvalue weighted by Crippen LogP contribution is -2.49. The first-order valence-electron chi connectivity index (χ1n) is 8.53. The summed E-state index contributed by atoms with van der Waals surface area (Å²) in [7, 11) is 1.28. The Morgan fingerprint density at radius 2 is 1.93 bits per heavy atom. The Kier molecular flexibility index (Phi) is 4.85. The molecular weight excluding hydrogens is 382 g/mol. The van der Waals surface area contributed by atoms with Gasteiger partial charge in [-0.2, -0.15) is 0 Å². The molecule has 0 fully saturated rings. The topological polar surface area (TPSA) is 92.9 Å². The number of carbonyl (C=O) groups excluding carboxylic acids is 1. The molecule has 0 bridgehead atoms. The summed E-state index contributed by atoms with van der Waals surface area (Å²) in [4.78, 5) is 28.6. The van der Waals surface area contributed by atoms with Crippen LogP contribution in [-0.2, 0) is 9.53 Å². The zero-order valence-corrected chi connectivity index (χ0v) is 15.6. The number of rotatable bonds is 3. The predicted molar refractivity (Wildman–Crippen MR) is 105 cm³/mol. The standard InChI is InChI=1S/C20H16ClN3O4/c1-27-20(26)19-22-17(11-6-8-12(21)9-7-11)18(23-24-19)14-10-16(25)28-15-5-3-2-4-13(14)15/h2-10,17-18,23H,1H3,(H,22,24). The van der Waals surface area contributed by atoms with Gasteiger partial charge in [0.1, 0.15) is 5.58 Å². The van der Waals surface area contributed by atoms with E-state index in [9.17, 15) is 9.59 Å². The molecule has 0 radical (unpaired) electrons. The van der Waals surface area contributed by atoms with E-state index in [0.29, 0.717) is 16.2 Å². The van der Waals surface area contributed by atoms with E-state index in [-0.39, 0.29) is 5.84 Å².